The lowest BCUT2D eigenvalue weighted by Gasteiger charge is -2.11. The van der Waals surface area contributed by atoms with Gasteiger partial charge in [0.15, 0.2) is 5.65 Å². The van der Waals surface area contributed by atoms with Crippen molar-refractivity contribution in [2.24, 2.45) is 0 Å². The van der Waals surface area contributed by atoms with Crippen LogP contribution in [0.2, 0.25) is 0 Å². The number of carbonyl (C=O) groups is 1. The van der Waals surface area contributed by atoms with E-state index in [2.05, 4.69) is 33.6 Å². The smallest absolute Gasteiger partial charge is 0.220 e. The summed E-state index contributed by atoms with van der Waals surface area (Å²) in [5, 5.41) is 16.4. The van der Waals surface area contributed by atoms with Gasteiger partial charge in [-0.05, 0) is 44.2 Å². The third-order valence-electron chi connectivity index (χ3n) is 4.74. The number of hydrogen-bond acceptors (Lipinski definition) is 4. The largest absolute Gasteiger partial charge is 0.356 e. The molecule has 0 radical (unpaired) electrons. The first-order chi connectivity index (χ1) is 13.1. The van der Waals surface area contributed by atoms with E-state index in [1.807, 2.05) is 32.0 Å². The SMILES string of the molecule is Cc1nc2c(C#N)cnn2c(C)c1CCC(=O)NCCCc1ccccc1. The minimum Gasteiger partial charge on any atom is -0.356 e. The molecular formula is C21H23N5O. The zero-order valence-electron chi connectivity index (χ0n) is 15.7. The van der Waals surface area contributed by atoms with Crippen LogP contribution in [-0.4, -0.2) is 27.0 Å². The minimum absolute atomic E-state index is 0.0418. The van der Waals surface area contributed by atoms with Crippen LogP contribution in [0.25, 0.3) is 5.65 Å². The maximum absolute atomic E-state index is 12.2. The molecule has 0 aliphatic carbocycles. The molecule has 1 N–H and O–H groups in total. The summed E-state index contributed by atoms with van der Waals surface area (Å²) in [6.45, 7) is 4.53. The molecule has 1 amide bonds. The topological polar surface area (TPSA) is 83.1 Å². The van der Waals surface area contributed by atoms with Crippen molar-refractivity contribution in [1.29, 1.82) is 5.26 Å². The first kappa shape index (κ1) is 18.6. The molecule has 0 atom stereocenters. The molecule has 0 saturated heterocycles. The lowest BCUT2D eigenvalue weighted by Crippen LogP contribution is -2.25. The summed E-state index contributed by atoms with van der Waals surface area (Å²) in [4.78, 5) is 16.7. The molecule has 0 saturated carbocycles. The molecule has 3 rings (SSSR count). The first-order valence-electron chi connectivity index (χ1n) is 9.14. The molecule has 0 aliphatic rings. The van der Waals surface area contributed by atoms with Crippen molar-refractivity contribution < 1.29 is 4.79 Å². The molecular weight excluding hydrogens is 338 g/mol. The van der Waals surface area contributed by atoms with Crippen molar-refractivity contribution in [2.45, 2.75) is 39.5 Å². The maximum Gasteiger partial charge on any atom is 0.220 e. The van der Waals surface area contributed by atoms with E-state index in [0.717, 1.165) is 29.8 Å². The van der Waals surface area contributed by atoms with E-state index in [1.54, 1.807) is 4.52 Å². The van der Waals surface area contributed by atoms with Crippen LogP contribution in [0.15, 0.2) is 36.5 Å². The number of aromatic nitrogens is 3. The highest BCUT2D eigenvalue weighted by atomic mass is 16.1. The number of nitrogens with one attached hydrogen (secondary N) is 1. The molecule has 0 aliphatic heterocycles. The normalized spacial score (nSPS) is 10.7. The van der Waals surface area contributed by atoms with Gasteiger partial charge in [0.2, 0.25) is 5.91 Å². The molecule has 6 nitrogen and oxygen atoms in total. The number of nitrogens with zero attached hydrogens (tertiary/aromatic N) is 4. The van der Waals surface area contributed by atoms with Gasteiger partial charge < -0.3 is 5.32 Å². The molecule has 3 aromatic rings. The Hall–Kier alpha value is -3.20. The van der Waals surface area contributed by atoms with Gasteiger partial charge in [-0.3, -0.25) is 4.79 Å². The second-order valence-corrected chi connectivity index (χ2v) is 6.61. The van der Waals surface area contributed by atoms with Gasteiger partial charge in [0.1, 0.15) is 11.6 Å². The summed E-state index contributed by atoms with van der Waals surface area (Å²) in [6.07, 6.45) is 4.42. The Labute approximate surface area is 158 Å². The molecule has 2 aromatic heterocycles. The Morgan fingerprint density at radius 1 is 1.22 bits per heavy atom. The monoisotopic (exact) mass is 361 g/mol. The highest BCUT2D eigenvalue weighted by Gasteiger charge is 2.14. The van der Waals surface area contributed by atoms with Crippen LogP contribution >= 0.6 is 0 Å². The third kappa shape index (κ3) is 4.32. The highest BCUT2D eigenvalue weighted by Crippen LogP contribution is 2.18. The number of hydrogen-bond donors (Lipinski definition) is 1. The van der Waals surface area contributed by atoms with E-state index in [0.29, 0.717) is 30.6 Å². The van der Waals surface area contributed by atoms with Gasteiger partial charge in [-0.25, -0.2) is 9.50 Å². The molecule has 2 heterocycles. The van der Waals surface area contributed by atoms with Crippen molar-refractivity contribution in [2.75, 3.05) is 6.54 Å². The van der Waals surface area contributed by atoms with Crippen LogP contribution in [0.4, 0.5) is 0 Å². The van der Waals surface area contributed by atoms with E-state index in [-0.39, 0.29) is 5.91 Å². The second kappa shape index (κ2) is 8.45. The number of aryl methyl sites for hydroxylation is 3. The summed E-state index contributed by atoms with van der Waals surface area (Å²) in [7, 11) is 0. The summed E-state index contributed by atoms with van der Waals surface area (Å²) in [5.74, 6) is 0.0418. The Morgan fingerprint density at radius 3 is 2.74 bits per heavy atom. The lowest BCUT2D eigenvalue weighted by atomic mass is 10.1. The first-order valence-corrected chi connectivity index (χ1v) is 9.14. The van der Waals surface area contributed by atoms with Crippen LogP contribution in [0.1, 0.15) is 40.9 Å². The van der Waals surface area contributed by atoms with Crippen molar-refractivity contribution >= 4 is 11.6 Å². The van der Waals surface area contributed by atoms with Crippen LogP contribution in [-0.2, 0) is 17.6 Å². The average molecular weight is 361 g/mol. The Bertz CT molecular complexity index is 985. The number of benzene rings is 1. The molecule has 27 heavy (non-hydrogen) atoms. The summed E-state index contributed by atoms with van der Waals surface area (Å²) in [6, 6.07) is 12.4. The van der Waals surface area contributed by atoms with Gasteiger partial charge in [0.05, 0.1) is 6.20 Å². The van der Waals surface area contributed by atoms with E-state index in [1.165, 1.54) is 11.8 Å². The van der Waals surface area contributed by atoms with Crippen molar-refractivity contribution in [1.82, 2.24) is 19.9 Å². The van der Waals surface area contributed by atoms with Gasteiger partial charge in [-0.15, -0.1) is 0 Å². The third-order valence-corrected chi connectivity index (χ3v) is 4.74. The van der Waals surface area contributed by atoms with Crippen LogP contribution in [0.5, 0.6) is 0 Å². The molecule has 0 bridgehead atoms. The van der Waals surface area contributed by atoms with E-state index in [9.17, 15) is 4.79 Å². The lowest BCUT2D eigenvalue weighted by molar-refractivity contribution is -0.121. The molecule has 6 heteroatoms. The minimum atomic E-state index is 0.0418. The van der Waals surface area contributed by atoms with E-state index >= 15 is 0 Å². The zero-order valence-corrected chi connectivity index (χ0v) is 15.7. The number of amides is 1. The molecule has 1 aromatic carbocycles. The van der Waals surface area contributed by atoms with Gasteiger partial charge in [-0.1, -0.05) is 30.3 Å². The fourth-order valence-electron chi connectivity index (χ4n) is 3.24. The Balaban J connectivity index is 1.53. The number of nitriles is 1. The summed E-state index contributed by atoms with van der Waals surface area (Å²) < 4.78 is 1.68. The van der Waals surface area contributed by atoms with Crippen LogP contribution < -0.4 is 5.32 Å². The fraction of sp³-hybridized carbons (Fsp3) is 0.333. The molecule has 138 valence electrons. The Morgan fingerprint density at radius 2 is 2.00 bits per heavy atom. The molecule has 0 spiro atoms. The van der Waals surface area contributed by atoms with Crippen molar-refractivity contribution in [3.05, 3.63) is 64.6 Å². The quantitative estimate of drug-likeness (QED) is 0.656. The maximum atomic E-state index is 12.2. The van der Waals surface area contributed by atoms with Gasteiger partial charge in [0, 0.05) is 24.4 Å². The van der Waals surface area contributed by atoms with E-state index in [4.69, 9.17) is 5.26 Å². The summed E-state index contributed by atoms with van der Waals surface area (Å²) >= 11 is 0. The molecule has 0 unspecified atom stereocenters. The number of fused-ring (bicyclic) bond motifs is 1. The molecule has 0 fully saturated rings. The van der Waals surface area contributed by atoms with E-state index < -0.39 is 0 Å². The van der Waals surface area contributed by atoms with Crippen LogP contribution in [0.3, 0.4) is 0 Å². The second-order valence-electron chi connectivity index (χ2n) is 6.61. The highest BCUT2D eigenvalue weighted by molar-refractivity contribution is 5.76. The predicted molar refractivity (Wildman–Crippen MR) is 103 cm³/mol. The van der Waals surface area contributed by atoms with Crippen molar-refractivity contribution in [3.8, 4) is 6.07 Å². The average Bonchev–Trinajstić information content (AvgIpc) is 3.09. The van der Waals surface area contributed by atoms with Crippen molar-refractivity contribution in [3.63, 3.8) is 0 Å². The number of rotatable bonds is 7. The zero-order chi connectivity index (χ0) is 19.2. The van der Waals surface area contributed by atoms with Crippen LogP contribution in [0, 0.1) is 25.2 Å². The predicted octanol–water partition coefficient (Wildman–Crippen LogP) is 2.90. The number of carbonyl (C=O) groups excluding carboxylic acids is 1. The fourth-order valence-corrected chi connectivity index (χ4v) is 3.24. The van der Waals surface area contributed by atoms with Gasteiger partial charge in [0.25, 0.3) is 0 Å². The Kier molecular flexibility index (Phi) is 5.82. The van der Waals surface area contributed by atoms with Gasteiger partial charge in [-0.2, -0.15) is 10.4 Å². The van der Waals surface area contributed by atoms with Gasteiger partial charge >= 0.3 is 0 Å². The summed E-state index contributed by atoms with van der Waals surface area (Å²) in [5.41, 5.74) is 5.10. The standard InChI is InChI=1S/C21H23N5O/c1-15-19(16(2)26-21(25-15)18(13-22)14-24-26)10-11-20(27)23-12-6-9-17-7-4-3-5-8-17/h3-5,7-8,14H,6,9-12H2,1-2H3,(H,23,27).